The summed E-state index contributed by atoms with van der Waals surface area (Å²) in [4.78, 5) is 32.3. The molecule has 166 valence electrons. The van der Waals surface area contributed by atoms with Crippen LogP contribution in [-0.4, -0.2) is 27.0 Å². The fourth-order valence-corrected chi connectivity index (χ4v) is 7.14. The molecule has 0 radical (unpaired) electrons. The van der Waals surface area contributed by atoms with Crippen molar-refractivity contribution in [3.8, 4) is 0 Å². The van der Waals surface area contributed by atoms with E-state index in [1.165, 1.54) is 50.8 Å². The number of nitrogens with one attached hydrogen (secondary N) is 1. The Labute approximate surface area is 190 Å². The van der Waals surface area contributed by atoms with Gasteiger partial charge in [-0.2, -0.15) is 5.10 Å². The Morgan fingerprint density at radius 2 is 1.84 bits per heavy atom. The lowest BCUT2D eigenvalue weighted by atomic mass is 9.49. The van der Waals surface area contributed by atoms with Crippen molar-refractivity contribution < 1.29 is 9.72 Å². The quantitative estimate of drug-likeness (QED) is 0.285. The largest absolute Gasteiger partial charge is 0.283 e. The number of carbonyl (C=O) groups excluding carboxylic acids is 1. The summed E-state index contributed by atoms with van der Waals surface area (Å²) in [5.74, 6) is 2.34. The molecule has 4 bridgehead atoms. The van der Waals surface area contributed by atoms with Gasteiger partial charge in [0.15, 0.2) is 5.16 Å². The van der Waals surface area contributed by atoms with Gasteiger partial charge < -0.3 is 0 Å². The summed E-state index contributed by atoms with van der Waals surface area (Å²) < 4.78 is 0. The highest BCUT2D eigenvalue weighted by Crippen LogP contribution is 2.61. The van der Waals surface area contributed by atoms with Crippen LogP contribution in [0.15, 0.2) is 51.8 Å². The zero-order valence-electron chi connectivity index (χ0n) is 17.6. The SMILES string of the molecule is O=C(CC12CC3CC(CC(C3)C1)C2)NN=Cc1ccc(Sc2ncccn2)c([N+](=O)[O-])c1. The Balaban J connectivity index is 1.22. The second-order valence-corrected chi connectivity index (χ2v) is 10.5. The van der Waals surface area contributed by atoms with Crippen LogP contribution < -0.4 is 5.43 Å². The molecule has 2 aromatic rings. The lowest BCUT2D eigenvalue weighted by molar-refractivity contribution is -0.387. The van der Waals surface area contributed by atoms with E-state index in [-0.39, 0.29) is 17.0 Å². The zero-order chi connectivity index (χ0) is 22.1. The molecule has 0 spiro atoms. The van der Waals surface area contributed by atoms with E-state index in [0.717, 1.165) is 29.5 Å². The Morgan fingerprint density at radius 3 is 2.47 bits per heavy atom. The summed E-state index contributed by atoms with van der Waals surface area (Å²) >= 11 is 1.13. The molecule has 1 heterocycles. The Bertz CT molecular complexity index is 1020. The number of nitro benzene ring substituents is 1. The summed E-state index contributed by atoms with van der Waals surface area (Å²) in [7, 11) is 0. The first kappa shape index (κ1) is 21.1. The highest BCUT2D eigenvalue weighted by atomic mass is 32.2. The molecule has 1 amide bonds. The molecule has 8 nitrogen and oxygen atoms in total. The molecule has 0 aliphatic heterocycles. The molecular weight excluding hydrogens is 426 g/mol. The van der Waals surface area contributed by atoms with E-state index in [1.807, 2.05) is 0 Å². The van der Waals surface area contributed by atoms with Crippen LogP contribution in [0.3, 0.4) is 0 Å². The minimum Gasteiger partial charge on any atom is -0.273 e. The standard InChI is InChI=1S/C23H25N5O3S/c29-21(13-23-10-16-6-17(11-23)8-18(7-16)12-23)27-26-14-15-2-3-20(19(9-15)28(30)31)32-22-24-4-1-5-25-22/h1-5,9,14,16-18H,6-8,10-13H2,(H,27,29). The number of hydrogen-bond donors (Lipinski definition) is 1. The third-order valence-electron chi connectivity index (χ3n) is 7.03. The van der Waals surface area contributed by atoms with Crippen LogP contribution in [0, 0.1) is 33.3 Å². The van der Waals surface area contributed by atoms with E-state index in [9.17, 15) is 14.9 Å². The molecule has 4 aliphatic carbocycles. The summed E-state index contributed by atoms with van der Waals surface area (Å²) in [6, 6.07) is 6.51. The van der Waals surface area contributed by atoms with E-state index in [0.29, 0.717) is 22.0 Å². The average Bonchev–Trinajstić information content (AvgIpc) is 2.74. The minimum atomic E-state index is -0.436. The molecule has 0 atom stereocenters. The van der Waals surface area contributed by atoms with E-state index in [4.69, 9.17) is 0 Å². The zero-order valence-corrected chi connectivity index (χ0v) is 18.5. The van der Waals surface area contributed by atoms with Crippen molar-refractivity contribution >= 4 is 29.6 Å². The maximum Gasteiger partial charge on any atom is 0.283 e. The number of carbonyl (C=O) groups is 1. The van der Waals surface area contributed by atoms with Gasteiger partial charge in [0.05, 0.1) is 16.0 Å². The summed E-state index contributed by atoms with van der Waals surface area (Å²) in [5, 5.41) is 16.0. The molecule has 1 aromatic heterocycles. The molecule has 9 heteroatoms. The molecule has 1 N–H and O–H groups in total. The van der Waals surface area contributed by atoms with Gasteiger partial charge in [-0.25, -0.2) is 15.4 Å². The van der Waals surface area contributed by atoms with Gasteiger partial charge in [0.25, 0.3) is 5.69 Å². The van der Waals surface area contributed by atoms with Crippen LogP contribution >= 0.6 is 11.8 Å². The monoisotopic (exact) mass is 451 g/mol. The average molecular weight is 452 g/mol. The molecule has 4 aliphatic rings. The number of hydrogen-bond acceptors (Lipinski definition) is 7. The third kappa shape index (κ3) is 4.53. The van der Waals surface area contributed by atoms with Gasteiger partial charge in [0.2, 0.25) is 5.91 Å². The topological polar surface area (TPSA) is 110 Å². The number of hydrazone groups is 1. The number of nitro groups is 1. The number of amides is 1. The number of rotatable bonds is 7. The maximum atomic E-state index is 12.6. The van der Waals surface area contributed by atoms with Gasteiger partial charge >= 0.3 is 0 Å². The van der Waals surface area contributed by atoms with Gasteiger partial charge in [-0.05, 0) is 85.6 Å². The highest BCUT2D eigenvalue weighted by molar-refractivity contribution is 7.99. The van der Waals surface area contributed by atoms with Crippen LogP contribution in [0.25, 0.3) is 0 Å². The normalized spacial score (nSPS) is 28.2. The van der Waals surface area contributed by atoms with Crippen LogP contribution in [-0.2, 0) is 4.79 Å². The molecular formula is C23H25N5O3S. The predicted molar refractivity (Wildman–Crippen MR) is 120 cm³/mol. The van der Waals surface area contributed by atoms with Gasteiger partial charge in [-0.1, -0.05) is 6.07 Å². The lowest BCUT2D eigenvalue weighted by Gasteiger charge is -2.56. The molecule has 32 heavy (non-hydrogen) atoms. The van der Waals surface area contributed by atoms with Gasteiger partial charge in [0.1, 0.15) is 0 Å². The van der Waals surface area contributed by atoms with Crippen molar-refractivity contribution in [1.82, 2.24) is 15.4 Å². The molecule has 1 aromatic carbocycles. The van der Waals surface area contributed by atoms with E-state index in [1.54, 1.807) is 30.6 Å². The fourth-order valence-electron chi connectivity index (χ4n) is 6.35. The van der Waals surface area contributed by atoms with E-state index >= 15 is 0 Å². The van der Waals surface area contributed by atoms with E-state index in [2.05, 4.69) is 20.5 Å². The van der Waals surface area contributed by atoms with Crippen LogP contribution in [0.5, 0.6) is 0 Å². The second-order valence-electron chi connectivity index (χ2n) is 9.51. The van der Waals surface area contributed by atoms with Crippen molar-refractivity contribution in [1.29, 1.82) is 0 Å². The molecule has 4 saturated carbocycles. The summed E-state index contributed by atoms with van der Waals surface area (Å²) in [6.45, 7) is 0. The predicted octanol–water partition coefficient (Wildman–Crippen LogP) is 4.59. The first-order valence-corrected chi connectivity index (χ1v) is 11.8. The third-order valence-corrected chi connectivity index (χ3v) is 7.99. The molecule has 0 unspecified atom stereocenters. The van der Waals surface area contributed by atoms with Crippen molar-refractivity contribution in [3.05, 3.63) is 52.3 Å². The lowest BCUT2D eigenvalue weighted by Crippen LogP contribution is -2.47. The van der Waals surface area contributed by atoms with E-state index < -0.39 is 4.92 Å². The first-order chi connectivity index (χ1) is 15.5. The van der Waals surface area contributed by atoms with Crippen LogP contribution in [0.2, 0.25) is 0 Å². The Kier molecular flexibility index (Phi) is 5.67. The van der Waals surface area contributed by atoms with Gasteiger partial charge in [0, 0.05) is 30.4 Å². The Hall–Kier alpha value is -2.81. The Morgan fingerprint density at radius 1 is 1.19 bits per heavy atom. The van der Waals surface area contributed by atoms with Crippen molar-refractivity contribution in [2.75, 3.05) is 0 Å². The first-order valence-electron chi connectivity index (χ1n) is 11.0. The summed E-state index contributed by atoms with van der Waals surface area (Å²) in [5.41, 5.74) is 3.30. The molecule has 6 rings (SSSR count). The number of aromatic nitrogens is 2. The van der Waals surface area contributed by atoms with Crippen molar-refractivity contribution in [3.63, 3.8) is 0 Å². The van der Waals surface area contributed by atoms with Gasteiger partial charge in [-0.3, -0.25) is 14.9 Å². The minimum absolute atomic E-state index is 0.0497. The highest BCUT2D eigenvalue weighted by Gasteiger charge is 2.51. The smallest absolute Gasteiger partial charge is 0.273 e. The van der Waals surface area contributed by atoms with Crippen molar-refractivity contribution in [2.24, 2.45) is 28.3 Å². The van der Waals surface area contributed by atoms with Gasteiger partial charge in [-0.15, -0.1) is 0 Å². The number of nitrogens with zero attached hydrogens (tertiary/aromatic N) is 4. The fraction of sp³-hybridized carbons (Fsp3) is 0.478. The summed E-state index contributed by atoms with van der Waals surface area (Å²) in [6.07, 6.45) is 12.7. The van der Waals surface area contributed by atoms with Crippen molar-refractivity contribution in [2.45, 2.75) is 55.0 Å². The maximum absolute atomic E-state index is 12.6. The number of benzene rings is 1. The van der Waals surface area contributed by atoms with Crippen LogP contribution in [0.1, 0.15) is 50.5 Å². The van der Waals surface area contributed by atoms with Crippen LogP contribution in [0.4, 0.5) is 5.69 Å². The second kappa shape index (κ2) is 8.61. The molecule has 0 saturated heterocycles. The molecule has 4 fully saturated rings.